The molecule has 0 bridgehead atoms. The van der Waals surface area contributed by atoms with Gasteiger partial charge in [-0.25, -0.2) is 0 Å². The van der Waals surface area contributed by atoms with Crippen molar-refractivity contribution in [3.05, 3.63) is 0 Å². The molecule has 2 N–H and O–H groups in total. The fourth-order valence-electron chi connectivity index (χ4n) is 3.56. The number of likely N-dealkylation sites (tertiary alicyclic amines) is 1. The van der Waals surface area contributed by atoms with E-state index in [2.05, 4.69) is 17.1 Å². The molecule has 4 heteroatoms. The highest BCUT2D eigenvalue weighted by Crippen LogP contribution is 2.30. The van der Waals surface area contributed by atoms with Crippen molar-refractivity contribution < 1.29 is 9.90 Å². The van der Waals surface area contributed by atoms with Crippen LogP contribution in [0.1, 0.15) is 64.7 Å². The molecule has 1 amide bonds. The van der Waals surface area contributed by atoms with Crippen molar-refractivity contribution in [1.82, 2.24) is 10.2 Å². The second-order valence-electron chi connectivity index (χ2n) is 7.19. The van der Waals surface area contributed by atoms with E-state index in [1.165, 1.54) is 32.4 Å². The smallest absolute Gasteiger partial charge is 0.222 e. The summed E-state index contributed by atoms with van der Waals surface area (Å²) in [5.74, 6) is 0.892. The Balaban J connectivity index is 1.55. The monoisotopic (exact) mass is 296 g/mol. The molecule has 1 saturated carbocycles. The van der Waals surface area contributed by atoms with E-state index in [0.717, 1.165) is 51.1 Å². The first-order valence-electron chi connectivity index (χ1n) is 8.79. The molecular weight excluding hydrogens is 264 g/mol. The summed E-state index contributed by atoms with van der Waals surface area (Å²) in [6.07, 6.45) is 8.77. The lowest BCUT2D eigenvalue weighted by Crippen LogP contribution is -2.39. The lowest BCUT2D eigenvalue weighted by molar-refractivity contribution is -0.127. The van der Waals surface area contributed by atoms with E-state index in [0.29, 0.717) is 0 Å². The van der Waals surface area contributed by atoms with Crippen LogP contribution < -0.4 is 5.32 Å². The molecule has 1 aliphatic carbocycles. The molecule has 122 valence electrons. The Hall–Kier alpha value is -0.610. The van der Waals surface area contributed by atoms with Crippen molar-refractivity contribution in [3.63, 3.8) is 0 Å². The Labute approximate surface area is 129 Å². The van der Waals surface area contributed by atoms with Gasteiger partial charge in [0.1, 0.15) is 0 Å². The quantitative estimate of drug-likeness (QED) is 0.740. The van der Waals surface area contributed by atoms with Crippen LogP contribution >= 0.6 is 0 Å². The first-order valence-corrected chi connectivity index (χ1v) is 8.79. The van der Waals surface area contributed by atoms with E-state index in [1.807, 2.05) is 0 Å². The first kappa shape index (κ1) is 16.8. The van der Waals surface area contributed by atoms with Gasteiger partial charge in [0, 0.05) is 6.54 Å². The number of aliphatic hydroxyl groups is 1. The number of nitrogens with zero attached hydrogens (tertiary/aromatic N) is 1. The van der Waals surface area contributed by atoms with Crippen molar-refractivity contribution in [2.75, 3.05) is 26.2 Å². The zero-order valence-electron chi connectivity index (χ0n) is 13.6. The summed E-state index contributed by atoms with van der Waals surface area (Å²) < 4.78 is 0. The molecule has 0 radical (unpaired) electrons. The van der Waals surface area contributed by atoms with Gasteiger partial charge in [0.05, 0.1) is 12.0 Å². The molecule has 0 aromatic heterocycles. The Bertz CT molecular complexity index is 319. The molecule has 0 unspecified atom stereocenters. The van der Waals surface area contributed by atoms with Crippen LogP contribution in [-0.4, -0.2) is 47.7 Å². The third-order valence-corrected chi connectivity index (χ3v) is 5.12. The molecule has 2 fully saturated rings. The fraction of sp³-hybridized carbons (Fsp3) is 0.941. The summed E-state index contributed by atoms with van der Waals surface area (Å²) in [4.78, 5) is 14.4. The van der Waals surface area contributed by atoms with Crippen LogP contribution in [0.2, 0.25) is 0 Å². The molecule has 1 saturated heterocycles. The van der Waals surface area contributed by atoms with Gasteiger partial charge in [-0.2, -0.15) is 0 Å². The normalized spacial score (nSPS) is 23.9. The molecule has 0 spiro atoms. The molecule has 2 rings (SSSR count). The number of hydrogen-bond acceptors (Lipinski definition) is 3. The van der Waals surface area contributed by atoms with E-state index in [1.54, 1.807) is 0 Å². The maximum absolute atomic E-state index is 11.9. The van der Waals surface area contributed by atoms with Crippen molar-refractivity contribution in [1.29, 1.82) is 0 Å². The number of carbonyl (C=O) groups excluding carboxylic acids is 1. The highest BCUT2D eigenvalue weighted by molar-refractivity contribution is 5.76. The molecule has 1 heterocycles. The van der Waals surface area contributed by atoms with Crippen molar-refractivity contribution in [3.8, 4) is 0 Å². The molecule has 0 aromatic rings. The summed E-state index contributed by atoms with van der Waals surface area (Å²) in [6.45, 7) is 6.55. The van der Waals surface area contributed by atoms with Crippen LogP contribution in [0.15, 0.2) is 0 Å². The Morgan fingerprint density at radius 1 is 1.24 bits per heavy atom. The van der Waals surface area contributed by atoms with Crippen LogP contribution in [0.5, 0.6) is 0 Å². The summed E-state index contributed by atoms with van der Waals surface area (Å²) in [5.41, 5.74) is -0.731. The fourth-order valence-corrected chi connectivity index (χ4v) is 3.56. The van der Waals surface area contributed by atoms with Gasteiger partial charge >= 0.3 is 0 Å². The molecule has 0 atom stereocenters. The van der Waals surface area contributed by atoms with E-state index in [-0.39, 0.29) is 12.3 Å². The van der Waals surface area contributed by atoms with Gasteiger partial charge in [0.15, 0.2) is 0 Å². The van der Waals surface area contributed by atoms with Crippen LogP contribution in [0.25, 0.3) is 0 Å². The van der Waals surface area contributed by atoms with Gasteiger partial charge in [0.2, 0.25) is 5.91 Å². The molecule has 4 nitrogen and oxygen atoms in total. The number of piperidine rings is 1. The third kappa shape index (κ3) is 5.95. The SMILES string of the molecule is CC1CCN(CCCNC(=O)CC2(O)CCCCC2)CC1. The number of nitrogens with one attached hydrogen (secondary N) is 1. The van der Waals surface area contributed by atoms with E-state index < -0.39 is 5.60 Å². The lowest BCUT2D eigenvalue weighted by atomic mass is 9.82. The van der Waals surface area contributed by atoms with Gasteiger partial charge in [-0.1, -0.05) is 26.2 Å². The standard InChI is InChI=1S/C17H32N2O2/c1-15-6-12-19(13-7-15)11-5-10-18-16(20)14-17(21)8-3-2-4-9-17/h15,21H,2-14H2,1H3,(H,18,20). The van der Waals surface area contributed by atoms with Gasteiger partial charge in [-0.05, 0) is 57.7 Å². The number of hydrogen-bond donors (Lipinski definition) is 2. The largest absolute Gasteiger partial charge is 0.389 e. The summed E-state index contributed by atoms with van der Waals surface area (Å²) in [7, 11) is 0. The second kappa shape index (κ2) is 8.14. The van der Waals surface area contributed by atoms with Crippen molar-refractivity contribution in [2.45, 2.75) is 70.3 Å². The predicted octanol–water partition coefficient (Wildman–Crippen LogP) is 2.31. The molecule has 0 aromatic carbocycles. The second-order valence-corrected chi connectivity index (χ2v) is 7.19. The maximum atomic E-state index is 11.9. The van der Waals surface area contributed by atoms with Gasteiger partial charge in [-0.15, -0.1) is 0 Å². The van der Waals surface area contributed by atoms with Crippen LogP contribution in [0.3, 0.4) is 0 Å². The summed E-state index contributed by atoms with van der Waals surface area (Å²) in [5, 5.41) is 13.3. The van der Waals surface area contributed by atoms with Crippen molar-refractivity contribution >= 4 is 5.91 Å². The van der Waals surface area contributed by atoms with Crippen LogP contribution in [-0.2, 0) is 4.79 Å². The highest BCUT2D eigenvalue weighted by Gasteiger charge is 2.31. The van der Waals surface area contributed by atoms with E-state index in [4.69, 9.17) is 0 Å². The first-order chi connectivity index (χ1) is 10.1. The molecule has 1 aliphatic heterocycles. The Morgan fingerprint density at radius 2 is 1.90 bits per heavy atom. The Kier molecular flexibility index (Phi) is 6.49. The maximum Gasteiger partial charge on any atom is 0.222 e. The lowest BCUT2D eigenvalue weighted by Gasteiger charge is -2.31. The van der Waals surface area contributed by atoms with Crippen molar-refractivity contribution in [2.24, 2.45) is 5.92 Å². The minimum Gasteiger partial charge on any atom is -0.389 e. The summed E-state index contributed by atoms with van der Waals surface area (Å²) >= 11 is 0. The zero-order valence-corrected chi connectivity index (χ0v) is 13.6. The number of carbonyl (C=O) groups is 1. The number of rotatable bonds is 6. The van der Waals surface area contributed by atoms with E-state index >= 15 is 0 Å². The van der Waals surface area contributed by atoms with E-state index in [9.17, 15) is 9.90 Å². The number of amides is 1. The molecular formula is C17H32N2O2. The minimum atomic E-state index is -0.731. The molecule has 21 heavy (non-hydrogen) atoms. The zero-order chi connectivity index (χ0) is 15.1. The predicted molar refractivity (Wildman–Crippen MR) is 85.1 cm³/mol. The van der Waals surface area contributed by atoms with Gasteiger partial charge in [0.25, 0.3) is 0 Å². The van der Waals surface area contributed by atoms with Gasteiger partial charge < -0.3 is 15.3 Å². The van der Waals surface area contributed by atoms with Gasteiger partial charge in [-0.3, -0.25) is 4.79 Å². The third-order valence-electron chi connectivity index (χ3n) is 5.12. The average Bonchev–Trinajstić information content (AvgIpc) is 2.46. The average molecular weight is 296 g/mol. The summed E-state index contributed by atoms with van der Waals surface area (Å²) in [6, 6.07) is 0. The molecule has 2 aliphatic rings. The van der Waals surface area contributed by atoms with Crippen LogP contribution in [0.4, 0.5) is 0 Å². The Morgan fingerprint density at radius 3 is 2.57 bits per heavy atom. The topological polar surface area (TPSA) is 52.6 Å². The highest BCUT2D eigenvalue weighted by atomic mass is 16.3. The minimum absolute atomic E-state index is 0.0201. The van der Waals surface area contributed by atoms with Crippen LogP contribution in [0, 0.1) is 5.92 Å².